The molecule has 8 heavy (non-hydrogen) atoms. The van der Waals surface area contributed by atoms with Gasteiger partial charge in [0.1, 0.15) is 0 Å². The predicted octanol–water partition coefficient (Wildman–Crippen LogP) is -1.18. The maximum Gasteiger partial charge on any atom is 0.214 e. The van der Waals surface area contributed by atoms with Gasteiger partial charge in [-0.2, -0.15) is 0 Å². The van der Waals surface area contributed by atoms with E-state index in [9.17, 15) is 17.2 Å². The molecule has 7 heteroatoms. The van der Waals surface area contributed by atoms with E-state index in [0.717, 1.165) is 0 Å². The van der Waals surface area contributed by atoms with Crippen molar-refractivity contribution >= 4 is 19.0 Å². The number of rotatable bonds is 1. The molecule has 1 unspecified atom stereocenters. The fourth-order valence-corrected chi connectivity index (χ4v) is 0. The third kappa shape index (κ3) is 5.30. The van der Waals surface area contributed by atoms with Gasteiger partial charge in [0.15, 0.2) is 0 Å². The summed E-state index contributed by atoms with van der Waals surface area (Å²) in [5.41, 5.74) is 0. The average Bonchev–Trinajstić information content (AvgIpc) is 1.31. The molecule has 0 rings (SSSR count). The van der Waals surface area contributed by atoms with Crippen molar-refractivity contribution in [2.75, 3.05) is 6.26 Å². The Morgan fingerprint density at radius 1 is 1.50 bits per heavy atom. The summed E-state index contributed by atoms with van der Waals surface area (Å²) >= 11 is 0. The van der Waals surface area contributed by atoms with Gasteiger partial charge in [-0.3, -0.25) is 4.21 Å². The van der Waals surface area contributed by atoms with Crippen LogP contribution in [0.3, 0.4) is 0 Å². The third-order valence-electron chi connectivity index (χ3n) is 0.247. The van der Waals surface area contributed by atoms with Crippen LogP contribution in [0.1, 0.15) is 0 Å². The molecule has 0 aromatic rings. The van der Waals surface area contributed by atoms with E-state index in [2.05, 4.69) is 0 Å². The van der Waals surface area contributed by atoms with Gasteiger partial charge in [-0.25, -0.2) is 8.42 Å². The monoisotopic (exact) mass is 232 g/mol. The second-order valence-corrected chi connectivity index (χ2v) is 5.36. The van der Waals surface area contributed by atoms with Crippen molar-refractivity contribution in [1.29, 1.82) is 0 Å². The molecule has 0 N–H and O–H groups in total. The zero-order chi connectivity index (χ0) is 6.08. The average molecular weight is 232 g/mol. The maximum atomic E-state index is 9.72. The van der Waals surface area contributed by atoms with E-state index < -0.39 is 19.0 Å². The number of hydrogen-bond donors (Lipinski definition) is 0. The Balaban J connectivity index is 0. The van der Waals surface area contributed by atoms with Gasteiger partial charge in [0.2, 0.25) is 8.87 Å². The molecule has 47 valence electrons. The first-order chi connectivity index (χ1) is 2.94. The summed E-state index contributed by atoms with van der Waals surface area (Å²) in [6, 6.07) is 0. The van der Waals surface area contributed by atoms with Crippen molar-refractivity contribution in [3.63, 3.8) is 0 Å². The smallest absolute Gasteiger partial charge is 0.214 e. The quantitative estimate of drug-likeness (QED) is 0.421. The van der Waals surface area contributed by atoms with Crippen LogP contribution in [-0.2, 0) is 51.7 Å². The van der Waals surface area contributed by atoms with Crippen molar-refractivity contribution < 1.29 is 49.9 Å². The Morgan fingerprint density at radius 3 is 1.62 bits per heavy atom. The van der Waals surface area contributed by atoms with Gasteiger partial charge in [0.05, 0.1) is 16.4 Å². The molecule has 0 saturated heterocycles. The normalized spacial score (nSPS) is 14.2. The summed E-state index contributed by atoms with van der Waals surface area (Å²) in [7, 11) is -6.78. The van der Waals surface area contributed by atoms with E-state index in [-0.39, 0.29) is 32.7 Å². The van der Waals surface area contributed by atoms with Crippen molar-refractivity contribution in [3.05, 3.63) is 0 Å². The molecule has 0 amide bonds. The van der Waals surface area contributed by atoms with E-state index in [0.29, 0.717) is 6.26 Å². The molecule has 0 aliphatic carbocycles. The summed E-state index contributed by atoms with van der Waals surface area (Å²) in [6.07, 6.45) is 0.621. The fraction of sp³-hybridized carbons (Fsp3) is 1.00. The minimum Gasteiger partial charge on any atom is -0.760 e. The molecule has 0 heterocycles. The van der Waals surface area contributed by atoms with Crippen LogP contribution in [0.4, 0.5) is 0 Å². The standard InChI is InChI=1S/CH4O4S2.Y/c1-7(4,5)6(2)3;/h1H3,(H,2,3);/p-1. The van der Waals surface area contributed by atoms with Gasteiger partial charge in [0.25, 0.3) is 0 Å². The van der Waals surface area contributed by atoms with E-state index in [1.165, 1.54) is 0 Å². The van der Waals surface area contributed by atoms with Gasteiger partial charge < -0.3 is 4.55 Å². The van der Waals surface area contributed by atoms with Crippen LogP contribution in [0.5, 0.6) is 0 Å². The first-order valence-corrected chi connectivity index (χ1v) is 4.72. The van der Waals surface area contributed by atoms with Crippen LogP contribution >= 0.6 is 0 Å². The van der Waals surface area contributed by atoms with Gasteiger partial charge in [-0.1, -0.05) is 0 Å². The molecular weight excluding hydrogens is 229 g/mol. The van der Waals surface area contributed by atoms with Gasteiger partial charge >= 0.3 is 0 Å². The van der Waals surface area contributed by atoms with Crippen molar-refractivity contribution in [1.82, 2.24) is 0 Å². The zero-order valence-electron chi connectivity index (χ0n) is 4.03. The molecule has 1 radical (unpaired) electrons. The summed E-state index contributed by atoms with van der Waals surface area (Å²) in [5, 5.41) is 0. The van der Waals surface area contributed by atoms with Crippen LogP contribution in [-0.4, -0.2) is 23.4 Å². The molecule has 0 aliphatic heterocycles. The molecule has 0 saturated carbocycles. The van der Waals surface area contributed by atoms with Crippen LogP contribution < -0.4 is 0 Å². The van der Waals surface area contributed by atoms with Crippen molar-refractivity contribution in [2.24, 2.45) is 0 Å². The molecular formula is CH3O4S2Y-. The molecule has 0 aliphatic rings. The Morgan fingerprint density at radius 2 is 1.62 bits per heavy atom. The van der Waals surface area contributed by atoms with E-state index in [1.807, 2.05) is 0 Å². The summed E-state index contributed by atoms with van der Waals surface area (Å²) in [4.78, 5) is 0. The van der Waals surface area contributed by atoms with Gasteiger partial charge in [-0.05, 0) is 0 Å². The predicted molar refractivity (Wildman–Crippen MR) is 23.8 cm³/mol. The van der Waals surface area contributed by atoms with E-state index in [1.54, 1.807) is 0 Å². The van der Waals surface area contributed by atoms with Crippen LogP contribution in [0.2, 0.25) is 0 Å². The zero-order valence-corrected chi connectivity index (χ0v) is 8.50. The largest absolute Gasteiger partial charge is 0.760 e. The van der Waals surface area contributed by atoms with E-state index >= 15 is 0 Å². The van der Waals surface area contributed by atoms with Crippen LogP contribution in [0, 0.1) is 0 Å². The van der Waals surface area contributed by atoms with Crippen LogP contribution in [0.15, 0.2) is 0 Å². The van der Waals surface area contributed by atoms with E-state index in [4.69, 9.17) is 0 Å². The van der Waals surface area contributed by atoms with Crippen molar-refractivity contribution in [3.8, 4) is 0 Å². The topological polar surface area (TPSA) is 74.3 Å². The van der Waals surface area contributed by atoms with Crippen molar-refractivity contribution in [2.45, 2.75) is 0 Å². The number of hydrogen-bond acceptors (Lipinski definition) is 4. The van der Waals surface area contributed by atoms with Crippen LogP contribution in [0.25, 0.3) is 0 Å². The fourth-order valence-electron chi connectivity index (χ4n) is 0. The van der Waals surface area contributed by atoms with Gasteiger partial charge in [-0.15, -0.1) is 0 Å². The Labute approximate surface area is 74.5 Å². The molecule has 0 aromatic carbocycles. The second-order valence-electron chi connectivity index (χ2n) is 0.908. The summed E-state index contributed by atoms with van der Waals surface area (Å²) < 4.78 is 38.3. The minimum atomic E-state index is -3.82. The SMILES string of the molecule is CS(=O)(=O)S(=O)[O-].[Y]. The molecule has 0 fully saturated rings. The van der Waals surface area contributed by atoms with Gasteiger partial charge in [0, 0.05) is 32.7 Å². The molecule has 0 aromatic heterocycles. The second kappa shape index (κ2) is 4.06. The Kier molecular flexibility index (Phi) is 6.03. The Bertz CT molecular complexity index is 168. The third-order valence-corrected chi connectivity index (χ3v) is 2.22. The minimum absolute atomic E-state index is 0. The summed E-state index contributed by atoms with van der Waals surface area (Å²) in [6.45, 7) is 0. The molecule has 0 bridgehead atoms. The summed E-state index contributed by atoms with van der Waals surface area (Å²) in [5.74, 6) is 0. The first kappa shape index (κ1) is 11.9. The molecule has 0 spiro atoms. The molecule has 1 atom stereocenters. The first-order valence-electron chi connectivity index (χ1n) is 1.24. The maximum absolute atomic E-state index is 9.72. The Hall–Kier alpha value is 1.16. The molecule has 4 nitrogen and oxygen atoms in total.